The summed E-state index contributed by atoms with van der Waals surface area (Å²) in [4.78, 5) is 82.4. The van der Waals surface area contributed by atoms with E-state index in [-0.39, 0.29) is 71.3 Å². The van der Waals surface area contributed by atoms with Gasteiger partial charge in [0.2, 0.25) is 11.8 Å². The monoisotopic (exact) mass is 869 g/mol. The van der Waals surface area contributed by atoms with Gasteiger partial charge in [-0.25, -0.2) is 9.18 Å². The molecular weight excluding hydrogens is 825 g/mol. The largest absolute Gasteiger partial charge is 0.490 e. The van der Waals surface area contributed by atoms with Crippen LogP contribution in [-0.2, 0) is 19.1 Å². The minimum absolute atomic E-state index is 0.00353. The Labute approximate surface area is 361 Å². The molecule has 8 rings (SSSR count). The maximum Gasteiger partial charge on any atom is 0.410 e. The number of halogens is 2. The van der Waals surface area contributed by atoms with Gasteiger partial charge in [0.1, 0.15) is 41.3 Å². The van der Waals surface area contributed by atoms with E-state index in [0.29, 0.717) is 94.1 Å². The van der Waals surface area contributed by atoms with Gasteiger partial charge in [0, 0.05) is 57.8 Å². The van der Waals surface area contributed by atoms with Crippen molar-refractivity contribution in [3.63, 3.8) is 0 Å². The van der Waals surface area contributed by atoms with Crippen molar-refractivity contribution in [3.8, 4) is 11.8 Å². The van der Waals surface area contributed by atoms with E-state index in [1.165, 1.54) is 18.2 Å². The second kappa shape index (κ2) is 17.6. The summed E-state index contributed by atoms with van der Waals surface area (Å²) in [6.45, 7) is 2.32. The molecule has 0 bridgehead atoms. The van der Waals surface area contributed by atoms with Crippen molar-refractivity contribution < 1.29 is 42.6 Å². The molecule has 4 aliphatic heterocycles. The zero-order valence-corrected chi connectivity index (χ0v) is 34.4. The molecule has 4 N–H and O–H groups in total. The molecule has 5 fully saturated rings. The number of hydrogen-bond acceptors (Lipinski definition) is 12. The van der Waals surface area contributed by atoms with Gasteiger partial charge in [0.25, 0.3) is 17.7 Å². The normalized spacial score (nSPS) is 26.0. The standard InChI is InChI=1S/C43H45ClFN9O8/c44-32-17-28(4-1-23(32)20-46)61-27-5-2-26(3-6-27)49-39(56)34(47)7-9-37(48)51-11-13-52(14-12-51)43(60)62-29-15-24-21-53(22-25(24)16-29)36-19-31-30(18-33(36)45)41(58)54(42(31)59)35-8-10-38(55)50-40(35)57/h1,4,7,9,17-19,24-27,29,35,47-48H,2-3,5-6,8,10-16,21-22H2,(H,49,56)(H,50,55,57)/b9-7-,47-34?,48-37?. The summed E-state index contributed by atoms with van der Waals surface area (Å²) in [5.41, 5.74) is 0.189. The van der Waals surface area contributed by atoms with Gasteiger partial charge in [-0.1, -0.05) is 11.6 Å². The molecule has 2 saturated carbocycles. The number of benzene rings is 2. The quantitative estimate of drug-likeness (QED) is 0.161. The molecule has 62 heavy (non-hydrogen) atoms. The number of carbonyl (C=O) groups is 6. The highest BCUT2D eigenvalue weighted by Crippen LogP contribution is 2.43. The van der Waals surface area contributed by atoms with E-state index in [4.69, 9.17) is 37.2 Å². The first-order valence-electron chi connectivity index (χ1n) is 20.8. The Balaban J connectivity index is 0.743. The summed E-state index contributed by atoms with van der Waals surface area (Å²) in [6, 6.07) is 8.12. The molecule has 6 aliphatic rings. The van der Waals surface area contributed by atoms with Gasteiger partial charge in [0.05, 0.1) is 33.5 Å². The highest BCUT2D eigenvalue weighted by atomic mass is 35.5. The van der Waals surface area contributed by atoms with E-state index >= 15 is 4.39 Å². The second-order valence-electron chi connectivity index (χ2n) is 16.6. The smallest absolute Gasteiger partial charge is 0.410 e. The van der Waals surface area contributed by atoms with Gasteiger partial charge < -0.3 is 29.5 Å². The number of carbonyl (C=O) groups excluding carboxylic acids is 6. The van der Waals surface area contributed by atoms with Crippen LogP contribution in [0.15, 0.2) is 42.5 Å². The van der Waals surface area contributed by atoms with Gasteiger partial charge in [-0.15, -0.1) is 0 Å². The third-order valence-corrected chi connectivity index (χ3v) is 13.0. The average molecular weight is 870 g/mol. The zero-order valence-electron chi connectivity index (χ0n) is 33.7. The van der Waals surface area contributed by atoms with Gasteiger partial charge in [-0.05, 0) is 93.2 Å². The molecule has 0 radical (unpaired) electrons. The fourth-order valence-electron chi connectivity index (χ4n) is 9.39. The zero-order chi connectivity index (χ0) is 43.8. The van der Waals surface area contributed by atoms with Crippen LogP contribution >= 0.6 is 11.6 Å². The van der Waals surface area contributed by atoms with Crippen LogP contribution < -0.4 is 20.3 Å². The number of ether oxygens (including phenoxy) is 2. The molecule has 3 unspecified atom stereocenters. The predicted octanol–water partition coefficient (Wildman–Crippen LogP) is 3.78. The number of piperazine rings is 1. The first-order chi connectivity index (χ1) is 29.8. The van der Waals surface area contributed by atoms with Crippen molar-refractivity contribution in [1.82, 2.24) is 25.3 Å². The summed E-state index contributed by atoms with van der Waals surface area (Å²) >= 11 is 6.11. The minimum Gasteiger partial charge on any atom is -0.490 e. The van der Waals surface area contributed by atoms with Crippen LogP contribution in [0.4, 0.5) is 14.9 Å². The Morgan fingerprint density at radius 2 is 1.55 bits per heavy atom. The number of anilines is 1. The molecule has 2 aliphatic carbocycles. The highest BCUT2D eigenvalue weighted by molar-refractivity contribution is 6.42. The van der Waals surface area contributed by atoms with E-state index in [9.17, 15) is 28.8 Å². The number of nitriles is 1. The van der Waals surface area contributed by atoms with Crippen molar-refractivity contribution in [3.05, 3.63) is 70.0 Å². The lowest BCUT2D eigenvalue weighted by molar-refractivity contribution is -0.136. The molecule has 19 heteroatoms. The number of piperidine rings is 1. The number of hydrogen-bond donors (Lipinski definition) is 4. The lowest BCUT2D eigenvalue weighted by Gasteiger charge is -2.35. The molecule has 0 spiro atoms. The Bertz CT molecular complexity index is 2300. The topological polar surface area (TPSA) is 229 Å². The van der Waals surface area contributed by atoms with Gasteiger partial charge >= 0.3 is 6.09 Å². The molecule has 0 aromatic heterocycles. The molecule has 17 nitrogen and oxygen atoms in total. The Kier molecular flexibility index (Phi) is 12.0. The maximum absolute atomic E-state index is 15.5. The maximum atomic E-state index is 15.5. The first-order valence-corrected chi connectivity index (χ1v) is 21.2. The fourth-order valence-corrected chi connectivity index (χ4v) is 9.60. The number of fused-ring (bicyclic) bond motifs is 2. The third-order valence-electron chi connectivity index (χ3n) is 12.7. The minimum atomic E-state index is -1.14. The highest BCUT2D eigenvalue weighted by Gasteiger charge is 2.47. The van der Waals surface area contributed by atoms with Crippen molar-refractivity contribution >= 4 is 64.5 Å². The number of imide groups is 2. The molecular formula is C43H45ClFN9O8. The van der Waals surface area contributed by atoms with E-state index in [0.717, 1.165) is 11.0 Å². The van der Waals surface area contributed by atoms with E-state index in [2.05, 4.69) is 10.6 Å². The third kappa shape index (κ3) is 8.71. The molecule has 2 aromatic carbocycles. The van der Waals surface area contributed by atoms with Crippen LogP contribution in [0.2, 0.25) is 5.02 Å². The van der Waals surface area contributed by atoms with Crippen molar-refractivity contribution in [1.29, 1.82) is 16.1 Å². The molecule has 6 amide bonds. The van der Waals surface area contributed by atoms with E-state index < -0.39 is 47.5 Å². The lowest BCUT2D eigenvalue weighted by Crippen LogP contribution is -2.54. The van der Waals surface area contributed by atoms with Crippen molar-refractivity contribution in [2.45, 2.75) is 75.7 Å². The van der Waals surface area contributed by atoms with Crippen LogP contribution in [-0.4, -0.2) is 125 Å². The Morgan fingerprint density at radius 3 is 2.19 bits per heavy atom. The molecule has 4 heterocycles. The molecule has 3 atom stereocenters. The number of amides is 6. The Morgan fingerprint density at radius 1 is 0.887 bits per heavy atom. The fraction of sp³-hybridized carbons (Fsp3) is 0.465. The van der Waals surface area contributed by atoms with Crippen molar-refractivity contribution in [2.75, 3.05) is 44.2 Å². The number of amidine groups is 1. The Hall–Kier alpha value is -6.35. The summed E-state index contributed by atoms with van der Waals surface area (Å²) < 4.78 is 27.4. The van der Waals surface area contributed by atoms with Gasteiger partial charge in [-0.3, -0.25) is 45.0 Å². The van der Waals surface area contributed by atoms with E-state index in [1.54, 1.807) is 28.0 Å². The first kappa shape index (κ1) is 42.3. The number of nitrogens with zero attached hydrogens (tertiary/aromatic N) is 5. The van der Waals surface area contributed by atoms with Crippen LogP contribution in [0.1, 0.15) is 77.6 Å². The summed E-state index contributed by atoms with van der Waals surface area (Å²) in [7, 11) is 0. The van der Waals surface area contributed by atoms with Gasteiger partial charge in [0.15, 0.2) is 0 Å². The van der Waals surface area contributed by atoms with Crippen LogP contribution in [0.3, 0.4) is 0 Å². The van der Waals surface area contributed by atoms with E-state index in [1.807, 2.05) is 11.0 Å². The summed E-state index contributed by atoms with van der Waals surface area (Å²) in [6.07, 6.45) is 5.78. The van der Waals surface area contributed by atoms with Crippen LogP contribution in [0.25, 0.3) is 0 Å². The van der Waals surface area contributed by atoms with Gasteiger partial charge in [-0.2, -0.15) is 5.26 Å². The second-order valence-corrected chi connectivity index (χ2v) is 17.0. The summed E-state index contributed by atoms with van der Waals surface area (Å²) in [5.74, 6) is -2.95. The van der Waals surface area contributed by atoms with Crippen LogP contribution in [0, 0.1) is 39.8 Å². The SMILES string of the molecule is N#Cc1ccc(OC2CCC(NC(=O)C(=N)/C=C\C(=N)N3CCN(C(=O)OC4CC5CN(c6cc7c(cc6F)C(=O)N(C6CCC(=O)NC6=O)C7=O)CC5C4)CC3)CC2)cc1Cl. The lowest BCUT2D eigenvalue weighted by atomic mass is 9.92. The predicted molar refractivity (Wildman–Crippen MR) is 220 cm³/mol. The average Bonchev–Trinajstić information content (AvgIpc) is 3.89. The van der Waals surface area contributed by atoms with Crippen molar-refractivity contribution in [2.24, 2.45) is 11.8 Å². The molecule has 3 saturated heterocycles. The van der Waals surface area contributed by atoms with Crippen LogP contribution in [0.5, 0.6) is 5.75 Å². The number of nitrogens with one attached hydrogen (secondary N) is 4. The summed E-state index contributed by atoms with van der Waals surface area (Å²) in [5, 5.41) is 31.2. The molecule has 2 aromatic rings. The molecule has 324 valence electrons. The number of rotatable bonds is 9.